The number of carbonyl (C=O) groups is 5. The number of rotatable bonds is 7. The van der Waals surface area contributed by atoms with E-state index in [1.807, 2.05) is 50.3 Å². The van der Waals surface area contributed by atoms with Gasteiger partial charge in [-0.1, -0.05) is 41.5 Å². The van der Waals surface area contributed by atoms with Gasteiger partial charge in [-0.25, -0.2) is 4.90 Å². The highest BCUT2D eigenvalue weighted by Crippen LogP contribution is 2.61. The molecule has 0 bridgehead atoms. The van der Waals surface area contributed by atoms with Crippen molar-refractivity contribution < 1.29 is 33.8 Å². The van der Waals surface area contributed by atoms with Gasteiger partial charge in [-0.15, -0.1) is 11.3 Å². The molecule has 13 heteroatoms. The van der Waals surface area contributed by atoms with E-state index in [1.165, 1.54) is 29.9 Å². The first kappa shape index (κ1) is 37.7. The molecule has 2 aliphatic heterocycles. The number of ether oxygens (including phenoxy) is 1. The number of methoxy groups -OCH3 is 1. The minimum absolute atomic E-state index is 0.0206. The van der Waals surface area contributed by atoms with Gasteiger partial charge in [0.05, 0.1) is 40.8 Å². The summed E-state index contributed by atoms with van der Waals surface area (Å²) in [5.74, 6) is -4.35. The van der Waals surface area contributed by atoms with Crippen LogP contribution in [0.15, 0.2) is 84.5 Å². The summed E-state index contributed by atoms with van der Waals surface area (Å²) in [6, 6.07) is 18.9. The minimum Gasteiger partial charge on any atom is -0.504 e. The van der Waals surface area contributed by atoms with E-state index in [9.17, 15) is 24.3 Å². The van der Waals surface area contributed by atoms with Crippen LogP contribution in [0.4, 0.5) is 11.5 Å². The topological polar surface area (TPSA) is 139 Å². The number of ketones is 1. The van der Waals surface area contributed by atoms with Crippen LogP contribution < -0.4 is 14.5 Å². The first-order chi connectivity index (χ1) is 27.7. The van der Waals surface area contributed by atoms with Gasteiger partial charge in [0.15, 0.2) is 17.3 Å². The number of hydrogen-bond donors (Lipinski definition) is 1. The van der Waals surface area contributed by atoms with Crippen LogP contribution in [0.2, 0.25) is 5.02 Å². The van der Waals surface area contributed by atoms with Gasteiger partial charge in [-0.05, 0) is 111 Å². The van der Waals surface area contributed by atoms with E-state index in [4.69, 9.17) is 21.4 Å². The molecule has 58 heavy (non-hydrogen) atoms. The Morgan fingerprint density at radius 1 is 0.983 bits per heavy atom. The van der Waals surface area contributed by atoms with Crippen LogP contribution in [0.25, 0.3) is 26.7 Å². The fourth-order valence-corrected chi connectivity index (χ4v) is 11.1. The molecule has 0 unspecified atom stereocenters. The van der Waals surface area contributed by atoms with Crippen LogP contribution in [0.1, 0.15) is 48.2 Å². The number of carbonyl (C=O) groups excluding carboxylic acids is 5. The number of phenols is 1. The number of Topliss-reactive ketones (excluding diaryl/α,β-unsaturated/α-hetero) is 1. The van der Waals surface area contributed by atoms with Gasteiger partial charge in [0.2, 0.25) is 23.6 Å². The molecule has 6 atom stereocenters. The number of fused-ring (bicyclic) bond motifs is 5. The zero-order valence-corrected chi connectivity index (χ0v) is 33.9. The molecule has 0 spiro atoms. The second-order valence-corrected chi connectivity index (χ2v) is 17.3. The van der Waals surface area contributed by atoms with E-state index < -0.39 is 35.0 Å². The molecular weight excluding hydrogens is 776 g/mol. The molecule has 2 aliphatic carbocycles. The highest BCUT2D eigenvalue weighted by Gasteiger charge is 2.67. The number of allylic oxidation sites excluding steroid dienone is 3. The summed E-state index contributed by atoms with van der Waals surface area (Å²) < 4.78 is 7.95. The summed E-state index contributed by atoms with van der Waals surface area (Å²) in [5.41, 5.74) is 2.75. The predicted molar refractivity (Wildman–Crippen MR) is 222 cm³/mol. The molecule has 0 radical (unpaired) electrons. The van der Waals surface area contributed by atoms with Crippen LogP contribution in [0.5, 0.6) is 11.5 Å². The lowest BCUT2D eigenvalue weighted by Crippen LogP contribution is -2.49. The number of aryl methyl sites for hydroxylation is 2. The van der Waals surface area contributed by atoms with Crippen LogP contribution in [-0.4, -0.2) is 51.4 Å². The molecule has 294 valence electrons. The van der Waals surface area contributed by atoms with Gasteiger partial charge in [-0.2, -0.15) is 5.10 Å². The number of benzene rings is 3. The highest BCUT2D eigenvalue weighted by atomic mass is 35.5. The number of nitrogens with zero attached hydrogens (tertiary/aromatic N) is 4. The molecule has 3 aromatic carbocycles. The normalized spacial score (nSPS) is 25.4. The zero-order valence-electron chi connectivity index (χ0n) is 32.4. The molecule has 11 nitrogen and oxygen atoms in total. The minimum atomic E-state index is -1.26. The van der Waals surface area contributed by atoms with Crippen LogP contribution in [0.3, 0.4) is 0 Å². The maximum Gasteiger partial charge on any atom is 0.242 e. The number of hydrogen-bond acceptors (Lipinski definition) is 9. The lowest BCUT2D eigenvalue weighted by Gasteiger charge is -2.47. The number of aromatic nitrogens is 2. The fraction of sp³-hybridized carbons (Fsp3) is 0.289. The van der Waals surface area contributed by atoms with Crippen molar-refractivity contribution in [1.29, 1.82) is 0 Å². The summed E-state index contributed by atoms with van der Waals surface area (Å²) in [6.45, 7) is 5.28. The van der Waals surface area contributed by atoms with E-state index in [0.717, 1.165) is 26.1 Å². The standard InChI is InChI=1S/C45H39ClN4O7S/c1-22-30-19-26(46)10-17-37(30)58-40(22)34-21-38(48(4)47-34)50-42(54)33-20-31-28(32(45(33,3)44(50)56)15-6-24-7-16-35(52)36(18-24)57-5)13-14-29-39(31)43(55)49(41(29)53)27-11-8-25(9-12-27)23(2)51/h6-13,15-19,21,29,31-33,39,52H,14,20H2,1-5H3/t29-,31+,32-,33-,39-,45-/m0/s1. The lowest BCUT2D eigenvalue weighted by molar-refractivity contribution is -0.132. The average molecular weight is 815 g/mol. The monoisotopic (exact) mass is 814 g/mol. The molecular formula is C45H39ClN4O7S. The van der Waals surface area contributed by atoms with Crippen molar-refractivity contribution in [2.75, 3.05) is 16.9 Å². The molecule has 2 saturated heterocycles. The summed E-state index contributed by atoms with van der Waals surface area (Å²) in [5, 5.41) is 16.7. The van der Waals surface area contributed by atoms with Crippen molar-refractivity contribution in [3.8, 4) is 22.1 Å². The van der Waals surface area contributed by atoms with Gasteiger partial charge in [0, 0.05) is 34.3 Å². The Bertz CT molecular complexity index is 2700. The molecule has 4 aliphatic rings. The van der Waals surface area contributed by atoms with Crippen molar-refractivity contribution in [3.05, 3.63) is 106 Å². The van der Waals surface area contributed by atoms with Gasteiger partial charge in [-0.3, -0.25) is 33.6 Å². The number of amides is 4. The van der Waals surface area contributed by atoms with E-state index in [0.29, 0.717) is 33.3 Å². The Labute approximate surface area is 343 Å². The molecule has 1 N–H and O–H groups in total. The number of thiophene rings is 1. The van der Waals surface area contributed by atoms with Crippen molar-refractivity contribution in [2.45, 2.75) is 33.6 Å². The summed E-state index contributed by atoms with van der Waals surface area (Å²) in [4.78, 5) is 73.9. The Kier molecular flexibility index (Phi) is 8.86. The molecule has 3 fully saturated rings. The van der Waals surface area contributed by atoms with E-state index in [1.54, 1.807) is 65.5 Å². The largest absolute Gasteiger partial charge is 0.504 e. The second-order valence-electron chi connectivity index (χ2n) is 15.8. The highest BCUT2D eigenvalue weighted by molar-refractivity contribution is 7.22. The average Bonchev–Trinajstić information content (AvgIpc) is 3.88. The number of halogens is 1. The maximum absolute atomic E-state index is 15.1. The number of anilines is 2. The van der Waals surface area contributed by atoms with Gasteiger partial charge in [0.25, 0.3) is 0 Å². The van der Waals surface area contributed by atoms with E-state index in [2.05, 4.69) is 0 Å². The summed E-state index contributed by atoms with van der Waals surface area (Å²) in [6.07, 6.45) is 6.22. The third-order valence-electron chi connectivity index (χ3n) is 12.8. The Morgan fingerprint density at radius 2 is 1.74 bits per heavy atom. The smallest absolute Gasteiger partial charge is 0.242 e. The third kappa shape index (κ3) is 5.52. The van der Waals surface area contributed by atoms with Crippen molar-refractivity contribution in [2.24, 2.45) is 42.1 Å². The van der Waals surface area contributed by atoms with E-state index >= 15 is 4.79 Å². The van der Waals surface area contributed by atoms with Crippen LogP contribution in [0, 0.1) is 41.9 Å². The first-order valence-corrected chi connectivity index (χ1v) is 20.3. The van der Waals surface area contributed by atoms with Crippen LogP contribution in [-0.2, 0) is 26.2 Å². The lowest BCUT2D eigenvalue weighted by atomic mass is 9.52. The Hall–Kier alpha value is -5.85. The van der Waals surface area contributed by atoms with Crippen molar-refractivity contribution >= 4 is 80.0 Å². The Balaban J connectivity index is 1.13. The molecule has 5 aromatic rings. The predicted octanol–water partition coefficient (Wildman–Crippen LogP) is 8.16. The quantitative estimate of drug-likeness (QED) is 0.0987. The summed E-state index contributed by atoms with van der Waals surface area (Å²) in [7, 11) is 3.18. The maximum atomic E-state index is 15.1. The van der Waals surface area contributed by atoms with Gasteiger partial charge in [0.1, 0.15) is 11.5 Å². The first-order valence-electron chi connectivity index (χ1n) is 19.1. The van der Waals surface area contributed by atoms with E-state index in [-0.39, 0.29) is 53.8 Å². The van der Waals surface area contributed by atoms with Gasteiger partial charge < -0.3 is 9.84 Å². The fourth-order valence-electron chi connectivity index (χ4n) is 9.76. The van der Waals surface area contributed by atoms with Crippen molar-refractivity contribution in [3.63, 3.8) is 0 Å². The summed E-state index contributed by atoms with van der Waals surface area (Å²) >= 11 is 7.89. The van der Waals surface area contributed by atoms with Crippen LogP contribution >= 0.6 is 22.9 Å². The molecule has 4 amide bonds. The molecule has 4 heterocycles. The third-order valence-corrected chi connectivity index (χ3v) is 14.3. The van der Waals surface area contributed by atoms with Gasteiger partial charge >= 0.3 is 0 Å². The number of phenolic OH excluding ortho intramolecular Hbond substituents is 1. The second kappa shape index (κ2) is 13.6. The molecule has 2 aromatic heterocycles. The molecule has 9 rings (SSSR count). The number of imide groups is 2. The zero-order chi connectivity index (χ0) is 40.9. The number of aromatic hydroxyl groups is 1. The Morgan fingerprint density at radius 3 is 2.47 bits per heavy atom. The van der Waals surface area contributed by atoms with Crippen molar-refractivity contribution in [1.82, 2.24) is 9.78 Å². The SMILES string of the molecule is COc1cc(C=C[C@H]2C3=CC[C@@H]4C(=O)N(c5ccc(C(C)=O)cc5)C(=O)[C@@H]4[C@@H]3C[C@H]3C(=O)N(c4cc(-c5sc6ccc(Cl)cc6c5C)nn4C)C(=O)[C@@]23C)ccc1O. The molecule has 1 saturated carbocycles.